The lowest BCUT2D eigenvalue weighted by Gasteiger charge is -2.12. The van der Waals surface area contributed by atoms with Crippen molar-refractivity contribution < 1.29 is 14.3 Å². The number of fused-ring (bicyclic) bond motifs is 1. The molecule has 0 spiro atoms. The second-order valence-electron chi connectivity index (χ2n) is 6.25. The highest BCUT2D eigenvalue weighted by atomic mass is 16.5. The van der Waals surface area contributed by atoms with Crippen LogP contribution in [0.1, 0.15) is 21.5 Å². The predicted molar refractivity (Wildman–Crippen MR) is 114 cm³/mol. The molecule has 0 fully saturated rings. The summed E-state index contributed by atoms with van der Waals surface area (Å²) in [6.07, 6.45) is 0.853. The third-order valence-corrected chi connectivity index (χ3v) is 4.33. The van der Waals surface area contributed by atoms with Gasteiger partial charge in [0.05, 0.1) is 19.0 Å². The zero-order valence-electron chi connectivity index (χ0n) is 15.8. The van der Waals surface area contributed by atoms with Crippen molar-refractivity contribution in [2.75, 3.05) is 17.7 Å². The Morgan fingerprint density at radius 1 is 1.07 bits per heavy atom. The molecule has 0 aliphatic rings. The highest BCUT2D eigenvalue weighted by Crippen LogP contribution is 2.27. The Kier molecular flexibility index (Phi) is 6.06. The number of rotatable bonds is 5. The SMILES string of the molecule is COC(=O)Nc1cc(C(=O)Nc2ccc(CN)cc2)cc2ccc(C=NN)cc12. The summed E-state index contributed by atoms with van der Waals surface area (Å²) in [5.74, 6) is 4.91. The van der Waals surface area contributed by atoms with E-state index in [1.165, 1.54) is 13.3 Å². The van der Waals surface area contributed by atoms with Gasteiger partial charge in [0.1, 0.15) is 0 Å². The summed E-state index contributed by atoms with van der Waals surface area (Å²) in [4.78, 5) is 24.5. The molecule has 3 aromatic rings. The van der Waals surface area contributed by atoms with E-state index in [0.29, 0.717) is 23.5 Å². The topological polar surface area (TPSA) is 132 Å². The molecule has 0 bridgehead atoms. The highest BCUT2D eigenvalue weighted by molar-refractivity contribution is 6.11. The second-order valence-corrected chi connectivity index (χ2v) is 6.25. The summed E-state index contributed by atoms with van der Waals surface area (Å²) in [6, 6.07) is 16.0. The van der Waals surface area contributed by atoms with Crippen molar-refractivity contribution in [3.8, 4) is 0 Å². The minimum Gasteiger partial charge on any atom is -0.453 e. The second kappa shape index (κ2) is 8.85. The number of ether oxygens (including phenoxy) is 1. The first-order chi connectivity index (χ1) is 14.0. The van der Waals surface area contributed by atoms with E-state index >= 15 is 0 Å². The zero-order valence-corrected chi connectivity index (χ0v) is 15.8. The Morgan fingerprint density at radius 3 is 2.48 bits per heavy atom. The first-order valence-corrected chi connectivity index (χ1v) is 8.80. The number of hydrogen-bond acceptors (Lipinski definition) is 6. The molecule has 3 aromatic carbocycles. The van der Waals surface area contributed by atoms with Crippen LogP contribution >= 0.6 is 0 Å². The van der Waals surface area contributed by atoms with E-state index in [9.17, 15) is 9.59 Å². The Balaban J connectivity index is 1.99. The number of nitrogens with one attached hydrogen (secondary N) is 2. The number of nitrogens with two attached hydrogens (primary N) is 2. The van der Waals surface area contributed by atoms with E-state index in [2.05, 4.69) is 15.7 Å². The monoisotopic (exact) mass is 391 g/mol. The van der Waals surface area contributed by atoms with E-state index in [-0.39, 0.29) is 5.91 Å². The molecule has 0 heterocycles. The molecule has 8 heteroatoms. The molecule has 0 aliphatic heterocycles. The fourth-order valence-corrected chi connectivity index (χ4v) is 2.86. The van der Waals surface area contributed by atoms with Crippen LogP contribution in [0.25, 0.3) is 10.8 Å². The number of benzene rings is 3. The summed E-state index contributed by atoms with van der Waals surface area (Å²) in [6.45, 7) is 0.429. The minimum absolute atomic E-state index is 0.312. The molecule has 0 atom stereocenters. The Labute approximate surface area is 167 Å². The summed E-state index contributed by atoms with van der Waals surface area (Å²) in [5, 5.41) is 10.5. The fraction of sp³-hybridized carbons (Fsp3) is 0.0952. The molecule has 3 rings (SSSR count). The summed E-state index contributed by atoms with van der Waals surface area (Å²) < 4.78 is 4.69. The van der Waals surface area contributed by atoms with E-state index in [4.69, 9.17) is 16.3 Å². The van der Waals surface area contributed by atoms with Gasteiger partial charge in [-0.25, -0.2) is 4.79 Å². The molecule has 8 nitrogen and oxygen atoms in total. The van der Waals surface area contributed by atoms with Gasteiger partial charge in [0.25, 0.3) is 5.91 Å². The molecule has 148 valence electrons. The van der Waals surface area contributed by atoms with Crippen LogP contribution in [0.4, 0.5) is 16.2 Å². The van der Waals surface area contributed by atoms with E-state index in [1.54, 1.807) is 24.3 Å². The standard InChI is InChI=1S/C21H21N5O3/c1-29-21(28)26-19-10-16(9-15-5-2-14(12-24-23)8-18(15)19)20(27)25-17-6-3-13(11-22)4-7-17/h2-10,12H,11,22-23H2,1H3,(H,25,27)(H,26,28). The van der Waals surface area contributed by atoms with E-state index < -0.39 is 6.09 Å². The van der Waals surface area contributed by atoms with Crippen molar-refractivity contribution >= 4 is 40.4 Å². The number of amides is 2. The van der Waals surface area contributed by atoms with Gasteiger partial charge in [-0.3, -0.25) is 10.1 Å². The highest BCUT2D eigenvalue weighted by Gasteiger charge is 2.13. The quantitative estimate of drug-likeness (QED) is 0.301. The molecule has 6 N–H and O–H groups in total. The van der Waals surface area contributed by atoms with Crippen molar-refractivity contribution in [1.82, 2.24) is 0 Å². The van der Waals surface area contributed by atoms with Gasteiger partial charge < -0.3 is 21.6 Å². The molecule has 0 saturated carbocycles. The van der Waals surface area contributed by atoms with Gasteiger partial charge in [-0.05, 0) is 46.8 Å². The normalized spacial score (nSPS) is 10.8. The lowest BCUT2D eigenvalue weighted by molar-refractivity contribution is 0.102. The maximum absolute atomic E-state index is 12.8. The third kappa shape index (κ3) is 4.69. The van der Waals surface area contributed by atoms with Crippen LogP contribution in [0.3, 0.4) is 0 Å². The van der Waals surface area contributed by atoms with Gasteiger partial charge in [-0.2, -0.15) is 5.10 Å². The van der Waals surface area contributed by atoms with Crippen molar-refractivity contribution in [2.24, 2.45) is 16.7 Å². The molecular weight excluding hydrogens is 370 g/mol. The maximum atomic E-state index is 12.8. The van der Waals surface area contributed by atoms with Gasteiger partial charge >= 0.3 is 6.09 Å². The number of hydrogen-bond donors (Lipinski definition) is 4. The van der Waals surface area contributed by atoms with Crippen molar-refractivity contribution in [2.45, 2.75) is 6.54 Å². The first-order valence-electron chi connectivity index (χ1n) is 8.80. The molecule has 0 unspecified atom stereocenters. The van der Waals surface area contributed by atoms with Crippen LogP contribution in [-0.4, -0.2) is 25.3 Å². The molecule has 2 amide bonds. The zero-order chi connectivity index (χ0) is 20.8. The van der Waals surface area contributed by atoms with Crippen molar-refractivity contribution in [3.05, 3.63) is 71.3 Å². The molecule has 0 radical (unpaired) electrons. The van der Waals surface area contributed by atoms with Gasteiger partial charge in [0.2, 0.25) is 0 Å². The number of nitrogens with zero attached hydrogens (tertiary/aromatic N) is 1. The largest absolute Gasteiger partial charge is 0.453 e. The predicted octanol–water partition coefficient (Wildman–Crippen LogP) is 3.02. The molecule has 0 saturated heterocycles. The van der Waals surface area contributed by atoms with Crippen LogP contribution < -0.4 is 22.2 Å². The first kappa shape index (κ1) is 19.8. The van der Waals surface area contributed by atoms with Crippen LogP contribution in [0.15, 0.2) is 59.7 Å². The average molecular weight is 391 g/mol. The third-order valence-electron chi connectivity index (χ3n) is 4.33. The van der Waals surface area contributed by atoms with Crippen molar-refractivity contribution in [3.63, 3.8) is 0 Å². The number of anilines is 2. The van der Waals surface area contributed by atoms with Gasteiger partial charge in [-0.1, -0.05) is 24.3 Å². The van der Waals surface area contributed by atoms with Gasteiger partial charge in [0.15, 0.2) is 0 Å². The maximum Gasteiger partial charge on any atom is 0.411 e. The van der Waals surface area contributed by atoms with Crippen LogP contribution in [-0.2, 0) is 11.3 Å². The Morgan fingerprint density at radius 2 is 1.83 bits per heavy atom. The number of carbonyl (C=O) groups is 2. The van der Waals surface area contributed by atoms with E-state index in [0.717, 1.165) is 21.9 Å². The number of methoxy groups -OCH3 is 1. The lowest BCUT2D eigenvalue weighted by atomic mass is 10.0. The Bertz CT molecular complexity index is 1080. The Hall–Kier alpha value is -3.91. The lowest BCUT2D eigenvalue weighted by Crippen LogP contribution is -2.15. The average Bonchev–Trinajstić information content (AvgIpc) is 2.74. The summed E-state index contributed by atoms with van der Waals surface area (Å²) in [7, 11) is 1.27. The smallest absolute Gasteiger partial charge is 0.411 e. The van der Waals surface area contributed by atoms with Gasteiger partial charge in [-0.15, -0.1) is 0 Å². The van der Waals surface area contributed by atoms with Crippen LogP contribution in [0.2, 0.25) is 0 Å². The molecule has 0 aliphatic carbocycles. The van der Waals surface area contributed by atoms with Gasteiger partial charge in [0, 0.05) is 23.2 Å². The fourth-order valence-electron chi connectivity index (χ4n) is 2.86. The summed E-state index contributed by atoms with van der Waals surface area (Å²) >= 11 is 0. The van der Waals surface area contributed by atoms with Crippen LogP contribution in [0.5, 0.6) is 0 Å². The number of carbonyl (C=O) groups excluding carboxylic acids is 2. The van der Waals surface area contributed by atoms with E-state index in [1.807, 2.05) is 30.3 Å². The summed E-state index contributed by atoms with van der Waals surface area (Å²) in [5.41, 5.74) is 8.78. The molecular formula is C21H21N5O3. The minimum atomic E-state index is -0.640. The molecule has 29 heavy (non-hydrogen) atoms. The number of hydrazone groups is 1. The van der Waals surface area contributed by atoms with Crippen molar-refractivity contribution in [1.29, 1.82) is 0 Å². The van der Waals surface area contributed by atoms with Crippen LogP contribution in [0, 0.1) is 0 Å². The molecule has 0 aromatic heterocycles.